The molecule has 0 fully saturated rings. The van der Waals surface area contributed by atoms with Crippen LogP contribution in [0.4, 0.5) is 26.3 Å². The summed E-state index contributed by atoms with van der Waals surface area (Å²) < 4.78 is 80.8. The van der Waals surface area contributed by atoms with Crippen LogP contribution in [0.2, 0.25) is 0 Å². The van der Waals surface area contributed by atoms with Crippen LogP contribution in [0.3, 0.4) is 0 Å². The molecular formula is C9H4F6IO+. The van der Waals surface area contributed by atoms with E-state index in [4.69, 9.17) is 0 Å². The first-order valence-electron chi connectivity index (χ1n) is 4.26. The third-order valence-corrected chi connectivity index (χ3v) is 4.58. The predicted octanol–water partition coefficient (Wildman–Crippen LogP) is 0.210. The second kappa shape index (κ2) is 3.74. The van der Waals surface area contributed by atoms with Crippen molar-refractivity contribution in [2.75, 3.05) is 0 Å². The number of hydrogen-bond acceptors (Lipinski definition) is 1. The van der Waals surface area contributed by atoms with Gasteiger partial charge >= 0.3 is 39.6 Å². The minimum absolute atomic E-state index is 0.0148. The Kier molecular flexibility index (Phi) is 2.85. The molecule has 0 radical (unpaired) electrons. The Morgan fingerprint density at radius 1 is 0.941 bits per heavy atom. The van der Waals surface area contributed by atoms with Crippen molar-refractivity contribution >= 4 is 0 Å². The quantitative estimate of drug-likeness (QED) is 0.470. The summed E-state index contributed by atoms with van der Waals surface area (Å²) in [6, 6.07) is 4.60. The van der Waals surface area contributed by atoms with E-state index in [0.717, 1.165) is 12.1 Å². The maximum atomic E-state index is 12.8. The molecule has 94 valence electrons. The van der Waals surface area contributed by atoms with Crippen molar-refractivity contribution in [1.29, 1.82) is 0 Å². The zero-order valence-corrected chi connectivity index (χ0v) is 10.0. The van der Waals surface area contributed by atoms with Gasteiger partial charge < -0.3 is 0 Å². The maximum Gasteiger partial charge on any atom is 0.524 e. The van der Waals surface area contributed by atoms with Crippen LogP contribution in [0, 0.1) is 3.57 Å². The van der Waals surface area contributed by atoms with Gasteiger partial charge in [-0.2, -0.15) is 26.3 Å². The Morgan fingerprint density at radius 2 is 1.47 bits per heavy atom. The van der Waals surface area contributed by atoms with E-state index in [1.807, 2.05) is 0 Å². The number of alkyl halides is 6. The van der Waals surface area contributed by atoms with Gasteiger partial charge in [0.05, 0.1) is 5.56 Å². The minimum Gasteiger partial charge on any atom is -0.167 e. The summed E-state index contributed by atoms with van der Waals surface area (Å²) in [4.78, 5) is 0. The van der Waals surface area contributed by atoms with Crippen molar-refractivity contribution in [3.8, 4) is 0 Å². The average Bonchev–Trinajstić information content (AvgIpc) is 2.55. The molecule has 0 saturated carbocycles. The summed E-state index contributed by atoms with van der Waals surface area (Å²) in [6.07, 6.45) is -11.0. The molecule has 17 heavy (non-hydrogen) atoms. The highest BCUT2D eigenvalue weighted by atomic mass is 127. The lowest BCUT2D eigenvalue weighted by Crippen LogP contribution is -3.61. The number of benzene rings is 1. The lowest BCUT2D eigenvalue weighted by Gasteiger charge is -2.28. The van der Waals surface area contributed by atoms with Crippen molar-refractivity contribution in [3.63, 3.8) is 0 Å². The topological polar surface area (TPSA) is 9.23 Å². The second-order valence-electron chi connectivity index (χ2n) is 3.31. The number of fused-ring (bicyclic) bond motifs is 1. The summed E-state index contributed by atoms with van der Waals surface area (Å²) in [5.74, 6) is 0. The van der Waals surface area contributed by atoms with Crippen LogP contribution in [-0.2, 0) is 8.67 Å². The Hall–Kier alpha value is -0.510. The van der Waals surface area contributed by atoms with Gasteiger partial charge in [0.25, 0.3) is 0 Å². The van der Waals surface area contributed by atoms with E-state index < -0.39 is 45.1 Å². The molecule has 0 unspecified atom stereocenters. The molecule has 0 aliphatic carbocycles. The van der Waals surface area contributed by atoms with Crippen molar-refractivity contribution in [3.05, 3.63) is 33.4 Å². The van der Waals surface area contributed by atoms with Gasteiger partial charge in [0.1, 0.15) is 0 Å². The van der Waals surface area contributed by atoms with E-state index in [2.05, 4.69) is 3.07 Å². The predicted molar refractivity (Wildman–Crippen MR) is 40.0 cm³/mol. The van der Waals surface area contributed by atoms with E-state index >= 15 is 0 Å². The van der Waals surface area contributed by atoms with Gasteiger partial charge in [0.2, 0.25) is 3.57 Å². The molecule has 2 rings (SSSR count). The number of hydrogen-bond donors (Lipinski definition) is 0. The van der Waals surface area contributed by atoms with Crippen molar-refractivity contribution in [2.24, 2.45) is 0 Å². The average molecular weight is 369 g/mol. The van der Waals surface area contributed by atoms with Gasteiger partial charge in [0, 0.05) is 0 Å². The van der Waals surface area contributed by atoms with Gasteiger partial charge in [-0.3, -0.25) is 0 Å². The van der Waals surface area contributed by atoms with E-state index in [-0.39, 0.29) is 3.57 Å². The van der Waals surface area contributed by atoms with Crippen molar-refractivity contribution in [1.82, 2.24) is 0 Å². The molecule has 1 aromatic rings. The van der Waals surface area contributed by atoms with Gasteiger partial charge in [-0.05, 0) is 6.07 Å². The molecule has 0 bridgehead atoms. The fraction of sp³-hybridized carbons (Fsp3) is 0.333. The smallest absolute Gasteiger partial charge is 0.167 e. The van der Waals surface area contributed by atoms with Crippen molar-refractivity contribution < 1.29 is 51.0 Å². The fourth-order valence-corrected chi connectivity index (χ4v) is 3.96. The Bertz CT molecular complexity index is 424. The third kappa shape index (κ3) is 1.72. The van der Waals surface area contributed by atoms with Crippen LogP contribution in [0.15, 0.2) is 24.3 Å². The first-order chi connectivity index (χ1) is 7.70. The Morgan fingerprint density at radius 3 is 2.00 bits per heavy atom. The van der Waals surface area contributed by atoms with Crippen LogP contribution in [0.25, 0.3) is 0 Å². The monoisotopic (exact) mass is 369 g/mol. The maximum absolute atomic E-state index is 12.8. The molecule has 1 aliphatic heterocycles. The second-order valence-corrected chi connectivity index (χ2v) is 5.35. The molecule has 0 spiro atoms. The van der Waals surface area contributed by atoms with Gasteiger partial charge in [-0.1, -0.05) is 18.2 Å². The van der Waals surface area contributed by atoms with Crippen LogP contribution >= 0.6 is 0 Å². The molecule has 0 amide bonds. The Balaban J connectivity index is 2.68. The van der Waals surface area contributed by atoms with Gasteiger partial charge in [-0.15, -0.1) is 3.07 Å². The zero-order valence-electron chi connectivity index (χ0n) is 7.86. The largest absolute Gasteiger partial charge is 0.524 e. The van der Waals surface area contributed by atoms with Crippen molar-refractivity contribution in [2.45, 2.75) is 18.0 Å². The molecular weight excluding hydrogens is 365 g/mol. The first-order valence-corrected chi connectivity index (χ1v) is 6.22. The van der Waals surface area contributed by atoms with E-state index in [1.54, 1.807) is 0 Å². The molecule has 0 N–H and O–H groups in total. The van der Waals surface area contributed by atoms with Crippen LogP contribution in [0.1, 0.15) is 5.56 Å². The molecule has 0 saturated heterocycles. The summed E-state index contributed by atoms with van der Waals surface area (Å²) in [6.45, 7) is 0. The summed E-state index contributed by atoms with van der Waals surface area (Å²) in [7, 11) is 0. The van der Waals surface area contributed by atoms with E-state index in [1.165, 1.54) is 12.1 Å². The zero-order chi connectivity index (χ0) is 12.9. The summed E-state index contributed by atoms with van der Waals surface area (Å²) in [5, 5.41) is 0. The highest BCUT2D eigenvalue weighted by Crippen LogP contribution is 2.52. The molecule has 8 heteroatoms. The fourth-order valence-electron chi connectivity index (χ4n) is 1.51. The standard InChI is InChI=1S/C9H4F6IO/c10-8(11,12)7(9(13,14)15)5-3-1-2-4-6(5)16-17-7/h1-4H/q+1. The molecule has 1 aromatic carbocycles. The molecule has 0 aromatic heterocycles. The summed E-state index contributed by atoms with van der Waals surface area (Å²) >= 11 is -1.74. The molecule has 1 nitrogen and oxygen atoms in total. The highest BCUT2D eigenvalue weighted by molar-refractivity contribution is 5.27. The van der Waals surface area contributed by atoms with Crippen LogP contribution in [-0.4, -0.2) is 12.4 Å². The normalized spacial score (nSPS) is 19.2. The van der Waals surface area contributed by atoms with Crippen LogP contribution < -0.4 is 21.6 Å². The lowest BCUT2D eigenvalue weighted by atomic mass is 9.92. The summed E-state index contributed by atoms with van der Waals surface area (Å²) in [5.41, 5.74) is -4.98. The minimum atomic E-state index is -5.52. The Labute approximate surface area is 103 Å². The van der Waals surface area contributed by atoms with Gasteiger partial charge in [0.15, 0.2) is 0 Å². The third-order valence-electron chi connectivity index (χ3n) is 2.29. The number of halogens is 7. The van der Waals surface area contributed by atoms with E-state index in [9.17, 15) is 26.3 Å². The molecule has 1 heterocycles. The van der Waals surface area contributed by atoms with Crippen LogP contribution in [0.5, 0.6) is 0 Å². The number of rotatable bonds is 0. The lowest BCUT2D eigenvalue weighted by molar-refractivity contribution is -0.892. The first kappa shape index (κ1) is 12.9. The molecule has 0 atom stereocenters. The molecule has 1 aliphatic rings. The van der Waals surface area contributed by atoms with E-state index in [0.29, 0.717) is 0 Å². The highest BCUT2D eigenvalue weighted by Gasteiger charge is 2.81. The SMILES string of the molecule is FC(F)(F)C1(C(F)(F)F)O[I+]c2ccccc21. The van der Waals surface area contributed by atoms with Gasteiger partial charge in [-0.25, -0.2) is 0 Å².